The van der Waals surface area contributed by atoms with E-state index in [0.29, 0.717) is 33.9 Å². The Morgan fingerprint density at radius 2 is 1.54 bits per heavy atom. The molecule has 11 heteroatoms. The van der Waals surface area contributed by atoms with Gasteiger partial charge in [0, 0.05) is 9.13 Å². The second kappa shape index (κ2) is 13.3. The fourth-order valence-corrected chi connectivity index (χ4v) is 3.70. The number of carbonyl (C=O) groups excluding carboxylic acids is 3. The number of ether oxygens (including phenoxy) is 4. The maximum absolute atomic E-state index is 12.5. The molecule has 0 aliphatic rings. The van der Waals surface area contributed by atoms with Crippen molar-refractivity contribution in [2.24, 2.45) is 5.10 Å². The Balaban J connectivity index is 1.55. The lowest BCUT2D eigenvalue weighted by molar-refractivity contribution is -0.120. The number of hydrogen-bond acceptors (Lipinski definition) is 8. The van der Waals surface area contributed by atoms with Crippen LogP contribution in [0.4, 0.5) is 0 Å². The van der Waals surface area contributed by atoms with Gasteiger partial charge in [-0.3, -0.25) is 9.59 Å². The number of hydrazone groups is 1. The van der Waals surface area contributed by atoms with Crippen LogP contribution in [0.1, 0.15) is 26.3 Å². The summed E-state index contributed by atoms with van der Waals surface area (Å²) in [6, 6.07) is 16.6. The van der Waals surface area contributed by atoms with Gasteiger partial charge in [0.2, 0.25) is 0 Å². The molecule has 2 amide bonds. The van der Waals surface area contributed by atoms with Gasteiger partial charge >= 0.3 is 5.97 Å². The Labute approximate surface area is 227 Å². The fourth-order valence-electron chi connectivity index (χ4n) is 3.09. The molecule has 2 N–H and O–H groups in total. The lowest BCUT2D eigenvalue weighted by atomic mass is 10.2. The minimum atomic E-state index is -0.528. The third-order valence-electron chi connectivity index (χ3n) is 4.94. The Morgan fingerprint density at radius 3 is 2.24 bits per heavy atom. The topological polar surface area (TPSA) is 125 Å². The van der Waals surface area contributed by atoms with Gasteiger partial charge < -0.3 is 24.3 Å². The van der Waals surface area contributed by atoms with Crippen molar-refractivity contribution in [3.8, 4) is 23.0 Å². The maximum Gasteiger partial charge on any atom is 0.344 e. The van der Waals surface area contributed by atoms with E-state index >= 15 is 0 Å². The molecule has 3 rings (SSSR count). The van der Waals surface area contributed by atoms with Gasteiger partial charge in [0.1, 0.15) is 0 Å². The number of methoxy groups -OCH3 is 3. The second-order valence-corrected chi connectivity index (χ2v) is 8.49. The van der Waals surface area contributed by atoms with E-state index in [1.807, 2.05) is 12.1 Å². The van der Waals surface area contributed by atoms with Crippen molar-refractivity contribution >= 4 is 46.6 Å². The Hall–Kier alpha value is -4.13. The van der Waals surface area contributed by atoms with Crippen molar-refractivity contribution in [2.45, 2.75) is 0 Å². The molecule has 0 aromatic heterocycles. The number of benzene rings is 3. The van der Waals surface area contributed by atoms with Crippen molar-refractivity contribution < 1.29 is 33.3 Å². The van der Waals surface area contributed by atoms with E-state index in [0.717, 1.165) is 3.57 Å². The first-order chi connectivity index (χ1) is 17.9. The van der Waals surface area contributed by atoms with Crippen LogP contribution < -0.4 is 29.7 Å². The van der Waals surface area contributed by atoms with Gasteiger partial charge in [-0.2, -0.15) is 5.10 Å². The number of halogens is 1. The summed E-state index contributed by atoms with van der Waals surface area (Å²) in [5.41, 5.74) is 3.67. The minimum Gasteiger partial charge on any atom is -0.493 e. The highest BCUT2D eigenvalue weighted by molar-refractivity contribution is 14.1. The molecule has 0 unspecified atom stereocenters. The van der Waals surface area contributed by atoms with E-state index < -0.39 is 17.8 Å². The first-order valence-corrected chi connectivity index (χ1v) is 11.9. The summed E-state index contributed by atoms with van der Waals surface area (Å²) in [6.45, 7) is -0.291. The summed E-state index contributed by atoms with van der Waals surface area (Å²) >= 11 is 2.06. The highest BCUT2D eigenvalue weighted by Gasteiger charge is 2.15. The van der Waals surface area contributed by atoms with Crippen LogP contribution in [0, 0.1) is 3.57 Å². The molecule has 0 heterocycles. The second-order valence-electron chi connectivity index (χ2n) is 7.33. The number of hydrogen-bond donors (Lipinski definition) is 2. The van der Waals surface area contributed by atoms with E-state index in [1.54, 1.807) is 42.5 Å². The van der Waals surface area contributed by atoms with Crippen molar-refractivity contribution in [3.05, 3.63) is 80.9 Å². The van der Waals surface area contributed by atoms with Crippen LogP contribution in [0.3, 0.4) is 0 Å². The van der Waals surface area contributed by atoms with Gasteiger partial charge in [-0.15, -0.1) is 0 Å². The lowest BCUT2D eigenvalue weighted by Crippen LogP contribution is -2.34. The highest BCUT2D eigenvalue weighted by atomic mass is 127. The molecule has 3 aromatic carbocycles. The monoisotopic (exact) mass is 617 g/mol. The third-order valence-corrected chi connectivity index (χ3v) is 5.88. The molecule has 0 atom stereocenters. The molecular weight excluding hydrogens is 593 g/mol. The first-order valence-electron chi connectivity index (χ1n) is 10.8. The zero-order valence-corrected chi connectivity index (χ0v) is 22.4. The normalized spacial score (nSPS) is 10.5. The molecule has 10 nitrogen and oxygen atoms in total. The van der Waals surface area contributed by atoms with Gasteiger partial charge in [0.05, 0.1) is 39.7 Å². The Morgan fingerprint density at radius 1 is 0.865 bits per heavy atom. The molecule has 0 spiro atoms. The molecule has 192 valence electrons. The average Bonchev–Trinajstić information content (AvgIpc) is 2.92. The third kappa shape index (κ3) is 7.43. The van der Waals surface area contributed by atoms with Crippen LogP contribution in [0.5, 0.6) is 23.0 Å². The van der Waals surface area contributed by atoms with E-state index in [2.05, 4.69) is 38.4 Å². The predicted molar refractivity (Wildman–Crippen MR) is 145 cm³/mol. The molecule has 3 aromatic rings. The maximum atomic E-state index is 12.5. The van der Waals surface area contributed by atoms with Crippen molar-refractivity contribution in [1.82, 2.24) is 10.7 Å². The number of nitrogens with one attached hydrogen (secondary N) is 2. The standard InChI is InChI=1S/C26H24IN3O7/c1-34-20-11-9-17(13-23(20)36-3)25(32)28-15-24(31)30-29-14-16-8-10-21(22(12-16)35-2)37-26(33)18-6-4-5-7-19(18)27/h4-14H,15H2,1-3H3,(H,28,32)(H,30,31). The zero-order valence-electron chi connectivity index (χ0n) is 20.2. The summed E-state index contributed by atoms with van der Waals surface area (Å²) in [5, 5.41) is 6.40. The van der Waals surface area contributed by atoms with Gasteiger partial charge in [-0.05, 0) is 76.7 Å². The summed E-state index contributed by atoms with van der Waals surface area (Å²) < 4.78 is 21.9. The zero-order chi connectivity index (χ0) is 26.8. The van der Waals surface area contributed by atoms with Crippen molar-refractivity contribution in [2.75, 3.05) is 27.9 Å². The fraction of sp³-hybridized carbons (Fsp3) is 0.154. The molecule has 0 saturated heterocycles. The smallest absolute Gasteiger partial charge is 0.344 e. The molecule has 0 aliphatic heterocycles. The number of esters is 1. The van der Waals surface area contributed by atoms with Crippen molar-refractivity contribution in [3.63, 3.8) is 0 Å². The molecule has 0 radical (unpaired) electrons. The Bertz CT molecular complexity index is 1330. The summed E-state index contributed by atoms with van der Waals surface area (Å²) in [5.74, 6) is -0.0505. The molecule has 0 fully saturated rings. The summed E-state index contributed by atoms with van der Waals surface area (Å²) in [6.07, 6.45) is 1.39. The van der Waals surface area contributed by atoms with E-state index in [9.17, 15) is 14.4 Å². The van der Waals surface area contributed by atoms with Gasteiger partial charge in [-0.1, -0.05) is 12.1 Å². The average molecular weight is 617 g/mol. The minimum absolute atomic E-state index is 0.242. The van der Waals surface area contributed by atoms with E-state index in [-0.39, 0.29) is 12.3 Å². The van der Waals surface area contributed by atoms with E-state index in [4.69, 9.17) is 18.9 Å². The molecular formula is C26H24IN3O7. The SMILES string of the molecule is COc1ccc(C(=O)NCC(=O)NN=Cc2ccc(OC(=O)c3ccccc3I)c(OC)c2)cc1OC. The first kappa shape index (κ1) is 27.5. The Kier molecular flexibility index (Phi) is 9.84. The molecule has 0 saturated carbocycles. The number of nitrogens with zero attached hydrogens (tertiary/aromatic N) is 1. The molecule has 0 aliphatic carbocycles. The molecule has 0 bridgehead atoms. The van der Waals surface area contributed by atoms with Gasteiger partial charge in [-0.25, -0.2) is 10.2 Å². The number of amides is 2. The highest BCUT2D eigenvalue weighted by Crippen LogP contribution is 2.29. The van der Waals surface area contributed by atoms with Crippen molar-refractivity contribution in [1.29, 1.82) is 0 Å². The lowest BCUT2D eigenvalue weighted by Gasteiger charge is -2.10. The van der Waals surface area contributed by atoms with Gasteiger partial charge in [0.15, 0.2) is 23.0 Å². The number of carbonyl (C=O) groups is 3. The van der Waals surface area contributed by atoms with Crippen LogP contribution in [0.15, 0.2) is 65.8 Å². The van der Waals surface area contributed by atoms with Crippen LogP contribution in [-0.4, -0.2) is 51.9 Å². The summed E-state index contributed by atoms with van der Waals surface area (Å²) in [7, 11) is 4.41. The van der Waals surface area contributed by atoms with Gasteiger partial charge in [0.25, 0.3) is 11.8 Å². The van der Waals surface area contributed by atoms with Crippen LogP contribution in [0.25, 0.3) is 0 Å². The van der Waals surface area contributed by atoms with Crippen LogP contribution in [0.2, 0.25) is 0 Å². The predicted octanol–water partition coefficient (Wildman–Crippen LogP) is 3.42. The quantitative estimate of drug-likeness (QED) is 0.118. The van der Waals surface area contributed by atoms with Crippen LogP contribution >= 0.6 is 22.6 Å². The molecule has 37 heavy (non-hydrogen) atoms. The largest absolute Gasteiger partial charge is 0.493 e. The van der Waals surface area contributed by atoms with Crippen LogP contribution in [-0.2, 0) is 4.79 Å². The van der Waals surface area contributed by atoms with E-state index in [1.165, 1.54) is 33.6 Å². The summed E-state index contributed by atoms with van der Waals surface area (Å²) in [4.78, 5) is 36.9. The number of rotatable bonds is 10.